The number of rotatable bonds is 7. The summed E-state index contributed by atoms with van der Waals surface area (Å²) in [5.41, 5.74) is 1.44. The number of anilines is 2. The maximum absolute atomic E-state index is 13.0. The number of carbonyl (C=O) groups excluding carboxylic acids is 1. The first kappa shape index (κ1) is 26.5. The number of amides is 1. The SMILES string of the molecule is Cc1cnc(N[C@H]2CC[C@@H](NC(=O)c3cccnc3Oc3ccc(Cl)cc3)CC2)nc1N(C)C.Cl. The number of carbonyl (C=O) groups is 1. The Balaban J connectivity index is 0.00000342. The lowest BCUT2D eigenvalue weighted by atomic mass is 9.91. The monoisotopic (exact) mass is 516 g/mol. The average Bonchev–Trinajstić information content (AvgIpc) is 2.83. The second-order valence-corrected chi connectivity index (χ2v) is 9.11. The number of pyridine rings is 1. The quantitative estimate of drug-likeness (QED) is 0.441. The minimum absolute atomic E-state index is 0. The fourth-order valence-electron chi connectivity index (χ4n) is 4.04. The van der Waals surface area contributed by atoms with Crippen LogP contribution in [0.3, 0.4) is 0 Å². The fourth-order valence-corrected chi connectivity index (χ4v) is 4.17. The number of aromatic nitrogens is 3. The van der Waals surface area contributed by atoms with Crippen molar-refractivity contribution in [3.63, 3.8) is 0 Å². The van der Waals surface area contributed by atoms with Crippen LogP contribution in [0.4, 0.5) is 11.8 Å². The Morgan fingerprint density at radius 1 is 1.06 bits per heavy atom. The predicted octanol–water partition coefficient (Wildman–Crippen LogP) is 5.27. The summed E-state index contributed by atoms with van der Waals surface area (Å²) in [6, 6.07) is 10.8. The third-order valence-corrected chi connectivity index (χ3v) is 6.06. The van der Waals surface area contributed by atoms with Crippen LogP contribution in [0.2, 0.25) is 5.02 Å². The number of nitrogens with zero attached hydrogens (tertiary/aromatic N) is 4. The van der Waals surface area contributed by atoms with E-state index in [4.69, 9.17) is 16.3 Å². The van der Waals surface area contributed by atoms with Crippen LogP contribution in [0.5, 0.6) is 11.6 Å². The van der Waals surface area contributed by atoms with Crippen molar-refractivity contribution < 1.29 is 9.53 Å². The molecular formula is C25H30Cl2N6O2. The van der Waals surface area contributed by atoms with Crippen molar-refractivity contribution in [2.24, 2.45) is 0 Å². The molecule has 10 heteroatoms. The van der Waals surface area contributed by atoms with E-state index in [9.17, 15) is 4.79 Å². The Labute approximate surface area is 216 Å². The molecule has 3 aromatic rings. The topological polar surface area (TPSA) is 92.3 Å². The molecule has 1 aliphatic carbocycles. The van der Waals surface area contributed by atoms with Gasteiger partial charge in [-0.25, -0.2) is 9.97 Å². The summed E-state index contributed by atoms with van der Waals surface area (Å²) < 4.78 is 5.84. The second-order valence-electron chi connectivity index (χ2n) is 8.67. The molecule has 0 radical (unpaired) electrons. The van der Waals surface area contributed by atoms with Gasteiger partial charge >= 0.3 is 0 Å². The molecule has 2 heterocycles. The van der Waals surface area contributed by atoms with Gasteiger partial charge in [0.1, 0.15) is 17.1 Å². The molecule has 186 valence electrons. The van der Waals surface area contributed by atoms with Gasteiger partial charge in [-0.15, -0.1) is 12.4 Å². The van der Waals surface area contributed by atoms with Crippen LogP contribution in [0.15, 0.2) is 48.8 Å². The Morgan fingerprint density at radius 3 is 2.43 bits per heavy atom. The lowest BCUT2D eigenvalue weighted by molar-refractivity contribution is 0.0923. The molecule has 1 saturated carbocycles. The van der Waals surface area contributed by atoms with Gasteiger partial charge in [0.2, 0.25) is 11.8 Å². The van der Waals surface area contributed by atoms with Gasteiger partial charge in [-0.2, -0.15) is 4.98 Å². The largest absolute Gasteiger partial charge is 0.438 e. The highest BCUT2D eigenvalue weighted by Crippen LogP contribution is 2.26. The maximum Gasteiger partial charge on any atom is 0.257 e. The predicted molar refractivity (Wildman–Crippen MR) is 141 cm³/mol. The van der Waals surface area contributed by atoms with Gasteiger partial charge < -0.3 is 20.3 Å². The van der Waals surface area contributed by atoms with E-state index in [1.165, 1.54) is 0 Å². The van der Waals surface area contributed by atoms with Crippen LogP contribution in [0.25, 0.3) is 0 Å². The molecule has 4 rings (SSSR count). The fraction of sp³-hybridized carbons (Fsp3) is 0.360. The zero-order chi connectivity index (χ0) is 24.1. The summed E-state index contributed by atoms with van der Waals surface area (Å²) in [6.07, 6.45) is 7.01. The van der Waals surface area contributed by atoms with E-state index < -0.39 is 0 Å². The highest BCUT2D eigenvalue weighted by Gasteiger charge is 2.25. The van der Waals surface area contributed by atoms with Crippen LogP contribution < -0.4 is 20.3 Å². The number of halogens is 2. The molecule has 1 aromatic carbocycles. The first-order valence-electron chi connectivity index (χ1n) is 11.4. The molecule has 8 nitrogen and oxygen atoms in total. The van der Waals surface area contributed by atoms with E-state index in [2.05, 4.69) is 25.6 Å². The summed E-state index contributed by atoms with van der Waals surface area (Å²) in [5, 5.41) is 7.20. The second kappa shape index (κ2) is 12.0. The first-order valence-corrected chi connectivity index (χ1v) is 11.7. The summed E-state index contributed by atoms with van der Waals surface area (Å²) >= 11 is 5.94. The third kappa shape index (κ3) is 6.96. The molecule has 0 spiro atoms. The van der Waals surface area contributed by atoms with E-state index in [-0.39, 0.29) is 36.3 Å². The molecule has 0 atom stereocenters. The normalized spacial score (nSPS) is 17.1. The number of benzene rings is 1. The van der Waals surface area contributed by atoms with Crippen molar-refractivity contribution >= 4 is 41.7 Å². The lowest BCUT2D eigenvalue weighted by Gasteiger charge is -2.30. The van der Waals surface area contributed by atoms with Crippen LogP contribution >= 0.6 is 24.0 Å². The van der Waals surface area contributed by atoms with Gasteiger partial charge in [-0.3, -0.25) is 4.79 Å². The van der Waals surface area contributed by atoms with E-state index in [1.54, 1.807) is 42.6 Å². The molecule has 35 heavy (non-hydrogen) atoms. The van der Waals surface area contributed by atoms with Crippen molar-refractivity contribution in [3.8, 4) is 11.6 Å². The Bertz CT molecular complexity index is 1140. The molecule has 2 N–H and O–H groups in total. The average molecular weight is 517 g/mol. The number of nitrogens with one attached hydrogen (secondary N) is 2. The molecule has 2 aromatic heterocycles. The van der Waals surface area contributed by atoms with Gasteiger partial charge in [-0.05, 0) is 69.0 Å². The van der Waals surface area contributed by atoms with Crippen LogP contribution in [0.1, 0.15) is 41.6 Å². The van der Waals surface area contributed by atoms with Gasteiger partial charge in [0.15, 0.2) is 0 Å². The molecule has 1 aliphatic rings. The zero-order valence-electron chi connectivity index (χ0n) is 20.0. The molecule has 0 aliphatic heterocycles. The zero-order valence-corrected chi connectivity index (χ0v) is 21.6. The standard InChI is InChI=1S/C25H29ClN6O2.ClH/c1-16-15-28-25(31-22(16)32(2)3)30-19-10-8-18(9-11-19)29-23(33)21-5-4-14-27-24(21)34-20-12-6-17(26)7-13-20;/h4-7,12-15,18-19H,8-11H2,1-3H3,(H,29,33)(H,28,30,31);1H/t18-,19+;. The molecule has 0 bridgehead atoms. The van der Waals surface area contributed by atoms with Crippen LogP contribution in [0, 0.1) is 6.92 Å². The summed E-state index contributed by atoms with van der Waals surface area (Å²) in [5.74, 6) is 2.20. The minimum atomic E-state index is -0.189. The van der Waals surface area contributed by atoms with Crippen LogP contribution in [-0.4, -0.2) is 47.0 Å². The molecule has 1 fully saturated rings. The van der Waals surface area contributed by atoms with Crippen molar-refractivity contribution in [3.05, 3.63) is 64.9 Å². The molecule has 1 amide bonds. The first-order chi connectivity index (χ1) is 16.4. The van der Waals surface area contributed by atoms with Crippen molar-refractivity contribution in [2.75, 3.05) is 24.3 Å². The highest BCUT2D eigenvalue weighted by atomic mass is 35.5. The Hall–Kier alpha value is -3.10. The van der Waals surface area contributed by atoms with Gasteiger partial charge in [-0.1, -0.05) is 11.6 Å². The van der Waals surface area contributed by atoms with Crippen molar-refractivity contribution in [2.45, 2.75) is 44.7 Å². The number of aryl methyl sites for hydroxylation is 1. The number of ether oxygens (including phenoxy) is 1. The van der Waals surface area contributed by atoms with Crippen molar-refractivity contribution in [1.82, 2.24) is 20.3 Å². The number of hydrogen-bond acceptors (Lipinski definition) is 7. The lowest BCUT2D eigenvalue weighted by Crippen LogP contribution is -2.40. The van der Waals surface area contributed by atoms with Gasteiger partial charge in [0, 0.05) is 49.2 Å². The van der Waals surface area contributed by atoms with E-state index in [0.29, 0.717) is 22.3 Å². The Kier molecular flexibility index (Phi) is 9.12. The summed E-state index contributed by atoms with van der Waals surface area (Å²) in [7, 11) is 3.95. The van der Waals surface area contributed by atoms with E-state index in [1.807, 2.05) is 32.1 Å². The molecule has 0 unspecified atom stereocenters. The van der Waals surface area contributed by atoms with E-state index in [0.717, 1.165) is 37.1 Å². The van der Waals surface area contributed by atoms with E-state index >= 15 is 0 Å². The van der Waals surface area contributed by atoms with Crippen molar-refractivity contribution in [1.29, 1.82) is 0 Å². The minimum Gasteiger partial charge on any atom is -0.438 e. The highest BCUT2D eigenvalue weighted by molar-refractivity contribution is 6.30. The molecular weight excluding hydrogens is 487 g/mol. The summed E-state index contributed by atoms with van der Waals surface area (Å²) in [4.78, 5) is 28.3. The maximum atomic E-state index is 13.0. The smallest absolute Gasteiger partial charge is 0.257 e. The number of hydrogen-bond donors (Lipinski definition) is 2. The van der Waals surface area contributed by atoms with Gasteiger partial charge in [0.05, 0.1) is 0 Å². The van der Waals surface area contributed by atoms with Gasteiger partial charge in [0.25, 0.3) is 5.91 Å². The summed E-state index contributed by atoms with van der Waals surface area (Å²) in [6.45, 7) is 2.00. The Morgan fingerprint density at radius 2 is 1.74 bits per heavy atom. The molecule has 0 saturated heterocycles. The van der Waals surface area contributed by atoms with Crippen LogP contribution in [-0.2, 0) is 0 Å². The third-order valence-electron chi connectivity index (χ3n) is 5.81.